The van der Waals surface area contributed by atoms with Crippen molar-refractivity contribution in [1.29, 1.82) is 0 Å². The first-order valence-electron chi connectivity index (χ1n) is 14.7. The average Bonchev–Trinajstić information content (AvgIpc) is 3.32. The average molecular weight is 592 g/mol. The Morgan fingerprint density at radius 3 is 2.30 bits per heavy atom. The Labute approximate surface area is 251 Å². The SMILES string of the molecule is COc1ccc(C)cc1C1(c2ccc(C)cc2)CCN(CCCNC(=O)N2CC(C)(c3ccc(F)c(F)c3)OC2=O)CC1. The molecule has 0 aliphatic carbocycles. The summed E-state index contributed by atoms with van der Waals surface area (Å²) in [7, 11) is 1.73. The van der Waals surface area contributed by atoms with Gasteiger partial charge in [0.15, 0.2) is 17.2 Å². The Kier molecular flexibility index (Phi) is 8.74. The summed E-state index contributed by atoms with van der Waals surface area (Å²) < 4.78 is 38.4. The van der Waals surface area contributed by atoms with Gasteiger partial charge in [0, 0.05) is 23.1 Å². The van der Waals surface area contributed by atoms with Gasteiger partial charge in [-0.15, -0.1) is 0 Å². The molecule has 1 atom stereocenters. The summed E-state index contributed by atoms with van der Waals surface area (Å²) in [5.41, 5.74) is 3.80. The van der Waals surface area contributed by atoms with Crippen molar-refractivity contribution >= 4 is 12.1 Å². The second kappa shape index (κ2) is 12.3. The summed E-state index contributed by atoms with van der Waals surface area (Å²) >= 11 is 0. The molecule has 43 heavy (non-hydrogen) atoms. The smallest absolute Gasteiger partial charge is 0.419 e. The molecule has 228 valence electrons. The molecule has 2 saturated heterocycles. The number of ether oxygens (including phenoxy) is 2. The van der Waals surface area contributed by atoms with Crippen LogP contribution < -0.4 is 10.1 Å². The molecule has 0 aromatic heterocycles. The maximum atomic E-state index is 13.8. The molecule has 9 heteroatoms. The monoisotopic (exact) mass is 591 g/mol. The topological polar surface area (TPSA) is 71.1 Å². The number of hydrogen-bond acceptors (Lipinski definition) is 5. The molecule has 2 fully saturated rings. The third-order valence-electron chi connectivity index (χ3n) is 8.88. The third-order valence-corrected chi connectivity index (χ3v) is 8.88. The summed E-state index contributed by atoms with van der Waals surface area (Å²) in [6.07, 6.45) is 1.76. The van der Waals surface area contributed by atoms with Crippen LogP contribution in [-0.4, -0.2) is 61.8 Å². The van der Waals surface area contributed by atoms with Crippen molar-refractivity contribution < 1.29 is 27.8 Å². The van der Waals surface area contributed by atoms with Crippen LogP contribution in [0.2, 0.25) is 0 Å². The number of nitrogens with one attached hydrogen (secondary N) is 1. The number of benzene rings is 3. The van der Waals surface area contributed by atoms with Gasteiger partial charge in [-0.1, -0.05) is 53.6 Å². The van der Waals surface area contributed by atoms with Gasteiger partial charge in [-0.25, -0.2) is 23.3 Å². The van der Waals surface area contributed by atoms with Crippen LogP contribution in [0.4, 0.5) is 18.4 Å². The van der Waals surface area contributed by atoms with Crippen molar-refractivity contribution in [2.45, 2.75) is 51.0 Å². The van der Waals surface area contributed by atoms with Gasteiger partial charge in [0.25, 0.3) is 0 Å². The van der Waals surface area contributed by atoms with Gasteiger partial charge in [0.1, 0.15) is 5.75 Å². The van der Waals surface area contributed by atoms with Crippen LogP contribution >= 0.6 is 0 Å². The van der Waals surface area contributed by atoms with Crippen molar-refractivity contribution in [3.8, 4) is 5.75 Å². The number of piperidine rings is 1. The Morgan fingerprint density at radius 1 is 0.953 bits per heavy atom. The summed E-state index contributed by atoms with van der Waals surface area (Å²) in [6.45, 7) is 8.65. The minimum atomic E-state index is -1.26. The maximum Gasteiger partial charge on any atom is 0.419 e. The van der Waals surface area contributed by atoms with E-state index in [0.29, 0.717) is 13.0 Å². The van der Waals surface area contributed by atoms with E-state index in [9.17, 15) is 18.4 Å². The minimum Gasteiger partial charge on any atom is -0.496 e. The maximum absolute atomic E-state index is 13.8. The molecule has 3 aromatic carbocycles. The first-order valence-corrected chi connectivity index (χ1v) is 14.7. The van der Waals surface area contributed by atoms with E-state index >= 15 is 0 Å². The van der Waals surface area contributed by atoms with Gasteiger partial charge in [0.2, 0.25) is 0 Å². The molecular weight excluding hydrogens is 552 g/mol. The van der Waals surface area contributed by atoms with E-state index in [-0.39, 0.29) is 17.5 Å². The Balaban J connectivity index is 1.17. The molecule has 0 saturated carbocycles. The standard InChI is InChI=1S/C34H39F2N3O4/c1-23-6-9-25(10-7-23)34(27-20-24(2)8-13-30(27)42-4)14-18-38(19-15-34)17-5-16-37-31(40)39-22-33(3,43-32(39)41)26-11-12-28(35)29(36)21-26/h6-13,20-21H,5,14-19,22H2,1-4H3,(H,37,40). The molecule has 3 aromatic rings. The molecule has 2 heterocycles. The van der Waals surface area contributed by atoms with Gasteiger partial charge in [-0.3, -0.25) is 0 Å². The molecule has 7 nitrogen and oxygen atoms in total. The Morgan fingerprint density at radius 2 is 1.63 bits per heavy atom. The number of nitrogens with zero attached hydrogens (tertiary/aromatic N) is 2. The molecule has 1 unspecified atom stereocenters. The van der Waals surface area contributed by atoms with E-state index in [1.165, 1.54) is 28.3 Å². The van der Waals surface area contributed by atoms with Crippen LogP contribution in [0.25, 0.3) is 0 Å². The van der Waals surface area contributed by atoms with Gasteiger partial charge < -0.3 is 19.7 Å². The summed E-state index contributed by atoms with van der Waals surface area (Å²) in [6, 6.07) is 18.0. The van der Waals surface area contributed by atoms with Crippen LogP contribution in [-0.2, 0) is 15.8 Å². The van der Waals surface area contributed by atoms with Gasteiger partial charge in [-0.2, -0.15) is 0 Å². The predicted octanol–water partition coefficient (Wildman–Crippen LogP) is 6.44. The van der Waals surface area contributed by atoms with E-state index in [2.05, 4.69) is 66.5 Å². The first kappa shape index (κ1) is 30.5. The normalized spacial score (nSPS) is 20.1. The first-order chi connectivity index (χ1) is 20.5. The fourth-order valence-corrected chi connectivity index (χ4v) is 6.31. The number of amides is 3. The zero-order valence-corrected chi connectivity index (χ0v) is 25.2. The highest BCUT2D eigenvalue weighted by atomic mass is 19.2. The minimum absolute atomic E-state index is 0.0988. The van der Waals surface area contributed by atoms with Gasteiger partial charge in [-0.05, 0) is 83.4 Å². The number of imide groups is 1. The molecule has 3 amide bonds. The number of aryl methyl sites for hydroxylation is 2. The highest BCUT2D eigenvalue weighted by Crippen LogP contribution is 2.46. The van der Waals surface area contributed by atoms with Crippen LogP contribution in [0.3, 0.4) is 0 Å². The number of rotatable bonds is 8. The van der Waals surface area contributed by atoms with Crippen molar-refractivity contribution in [1.82, 2.24) is 15.1 Å². The number of likely N-dealkylation sites (tertiary alicyclic amines) is 1. The van der Waals surface area contributed by atoms with Gasteiger partial charge >= 0.3 is 12.1 Å². The van der Waals surface area contributed by atoms with E-state index < -0.39 is 29.4 Å². The van der Waals surface area contributed by atoms with Crippen LogP contribution in [0.15, 0.2) is 60.7 Å². The number of methoxy groups -OCH3 is 1. The lowest BCUT2D eigenvalue weighted by Crippen LogP contribution is -2.45. The fraction of sp³-hybridized carbons (Fsp3) is 0.412. The van der Waals surface area contributed by atoms with Crippen molar-refractivity contribution in [2.24, 2.45) is 0 Å². The van der Waals surface area contributed by atoms with Crippen molar-refractivity contribution in [3.63, 3.8) is 0 Å². The van der Waals surface area contributed by atoms with Crippen LogP contribution in [0.1, 0.15) is 54.0 Å². The molecular formula is C34H39F2N3O4. The zero-order valence-electron chi connectivity index (χ0n) is 25.2. The summed E-state index contributed by atoms with van der Waals surface area (Å²) in [4.78, 5) is 28.7. The Bertz CT molecular complexity index is 1490. The van der Waals surface area contributed by atoms with E-state index in [1.54, 1.807) is 14.0 Å². The largest absolute Gasteiger partial charge is 0.496 e. The number of cyclic esters (lactones) is 1. The van der Waals surface area contributed by atoms with Crippen molar-refractivity contribution in [2.75, 3.05) is 39.8 Å². The zero-order chi connectivity index (χ0) is 30.8. The number of halogens is 2. The number of urea groups is 1. The summed E-state index contributed by atoms with van der Waals surface area (Å²) in [5, 5.41) is 2.81. The van der Waals surface area contributed by atoms with E-state index in [1.807, 2.05) is 0 Å². The summed E-state index contributed by atoms with van der Waals surface area (Å²) in [5.74, 6) is -1.12. The molecule has 0 spiro atoms. The highest BCUT2D eigenvalue weighted by molar-refractivity contribution is 5.92. The molecule has 2 aliphatic heterocycles. The molecule has 2 aliphatic rings. The molecule has 0 radical (unpaired) electrons. The predicted molar refractivity (Wildman–Crippen MR) is 160 cm³/mol. The quantitative estimate of drug-likeness (QED) is 0.306. The second-order valence-electron chi connectivity index (χ2n) is 11.9. The van der Waals surface area contributed by atoms with Crippen molar-refractivity contribution in [3.05, 3.63) is 100 Å². The lowest BCUT2D eigenvalue weighted by molar-refractivity contribution is 0.0698. The third kappa shape index (κ3) is 6.22. The number of hydrogen-bond donors (Lipinski definition) is 1. The van der Waals surface area contributed by atoms with Crippen LogP contribution in [0, 0.1) is 25.5 Å². The molecule has 0 bridgehead atoms. The second-order valence-corrected chi connectivity index (χ2v) is 11.9. The van der Waals surface area contributed by atoms with E-state index in [4.69, 9.17) is 9.47 Å². The fourth-order valence-electron chi connectivity index (χ4n) is 6.31. The lowest BCUT2D eigenvalue weighted by atomic mass is 9.67. The van der Waals surface area contributed by atoms with Crippen LogP contribution in [0.5, 0.6) is 5.75 Å². The van der Waals surface area contributed by atoms with Gasteiger partial charge in [0.05, 0.1) is 13.7 Å². The number of carbonyl (C=O) groups is 2. The van der Waals surface area contributed by atoms with E-state index in [0.717, 1.165) is 55.3 Å². The lowest BCUT2D eigenvalue weighted by Gasteiger charge is -2.43. The number of carbonyl (C=O) groups excluding carboxylic acids is 2. The highest BCUT2D eigenvalue weighted by Gasteiger charge is 2.46. The molecule has 5 rings (SSSR count). The Hall–Kier alpha value is -3.98. The molecule has 1 N–H and O–H groups in total.